The molecular weight excluding hydrogens is 611 g/mol. The quantitative estimate of drug-likeness (QED) is 0.188. The number of para-hydroxylation sites is 4. The van der Waals surface area contributed by atoms with Gasteiger partial charge in [0.1, 0.15) is 0 Å². The Balaban J connectivity index is 1.14. The normalized spacial score (nSPS) is 11.6. The van der Waals surface area contributed by atoms with Crippen molar-refractivity contribution < 1.29 is 0 Å². The van der Waals surface area contributed by atoms with E-state index in [1.54, 1.807) is 0 Å². The molecule has 0 unspecified atom stereocenters. The topological polar surface area (TPSA) is 48.5 Å². The third-order valence-corrected chi connectivity index (χ3v) is 9.57. The predicted molar refractivity (Wildman–Crippen MR) is 205 cm³/mol. The smallest absolute Gasteiger partial charge is 0.238 e. The predicted octanol–water partition coefficient (Wildman–Crippen LogP) is 11.1. The van der Waals surface area contributed by atoms with Gasteiger partial charge in [0.05, 0.1) is 22.1 Å². The van der Waals surface area contributed by atoms with E-state index in [9.17, 15) is 0 Å². The first-order chi connectivity index (χ1) is 24.8. The molecule has 3 aromatic heterocycles. The maximum Gasteiger partial charge on any atom is 0.238 e. The molecule has 0 radical (unpaired) electrons. The lowest BCUT2D eigenvalue weighted by molar-refractivity contribution is 0.953. The molecule has 50 heavy (non-hydrogen) atoms. The average Bonchev–Trinajstić information content (AvgIpc) is 3.71. The number of aromatic nitrogens is 5. The Morgan fingerprint density at radius 2 is 0.720 bits per heavy atom. The number of hydrogen-bond acceptors (Lipinski definition) is 3. The molecule has 0 spiro atoms. The van der Waals surface area contributed by atoms with Gasteiger partial charge in [-0.1, -0.05) is 133 Å². The molecule has 3 heterocycles. The molecule has 0 saturated heterocycles. The Morgan fingerprint density at radius 1 is 0.300 bits per heavy atom. The van der Waals surface area contributed by atoms with Crippen molar-refractivity contribution in [2.24, 2.45) is 0 Å². The van der Waals surface area contributed by atoms with E-state index in [4.69, 9.17) is 15.0 Å². The second-order valence-electron chi connectivity index (χ2n) is 12.5. The van der Waals surface area contributed by atoms with Crippen molar-refractivity contribution in [2.45, 2.75) is 0 Å². The highest BCUT2D eigenvalue weighted by molar-refractivity contribution is 6.10. The molecule has 0 fully saturated rings. The van der Waals surface area contributed by atoms with E-state index in [1.807, 2.05) is 30.3 Å². The van der Waals surface area contributed by atoms with E-state index in [-0.39, 0.29) is 0 Å². The summed E-state index contributed by atoms with van der Waals surface area (Å²) in [6.07, 6.45) is 0. The van der Waals surface area contributed by atoms with Crippen LogP contribution in [0.5, 0.6) is 0 Å². The molecular formula is C45H29N5. The lowest BCUT2D eigenvalue weighted by atomic mass is 10.0. The number of rotatable bonds is 5. The number of nitrogens with zero attached hydrogens (tertiary/aromatic N) is 5. The summed E-state index contributed by atoms with van der Waals surface area (Å²) in [6.45, 7) is 0. The second kappa shape index (κ2) is 11.4. The molecule has 234 valence electrons. The van der Waals surface area contributed by atoms with Crippen LogP contribution in [0.15, 0.2) is 176 Å². The Kier molecular flexibility index (Phi) is 6.42. The van der Waals surface area contributed by atoms with Crippen LogP contribution in [0.4, 0.5) is 0 Å². The van der Waals surface area contributed by atoms with Crippen LogP contribution in [0.3, 0.4) is 0 Å². The van der Waals surface area contributed by atoms with Gasteiger partial charge in [0.25, 0.3) is 0 Å². The van der Waals surface area contributed by atoms with Crippen LogP contribution < -0.4 is 0 Å². The molecule has 10 aromatic rings. The molecule has 0 aliphatic carbocycles. The molecule has 0 N–H and O–H groups in total. The fourth-order valence-corrected chi connectivity index (χ4v) is 7.31. The molecule has 0 aliphatic rings. The van der Waals surface area contributed by atoms with E-state index in [1.165, 1.54) is 21.8 Å². The van der Waals surface area contributed by atoms with E-state index < -0.39 is 0 Å². The molecule has 0 aliphatic heterocycles. The van der Waals surface area contributed by atoms with E-state index in [0.717, 1.165) is 49.7 Å². The minimum Gasteiger partial charge on any atom is -0.309 e. The SMILES string of the molecule is c1ccc(-c2nc(-c3cccc(-c4cccc(-n5c6ccccc6c6ccccc65)c4)c3)nc(-n3c4ccccc4c4ccccc43)n2)cc1. The maximum absolute atomic E-state index is 5.17. The van der Waals surface area contributed by atoms with Crippen LogP contribution in [-0.4, -0.2) is 24.1 Å². The van der Waals surface area contributed by atoms with Crippen molar-refractivity contribution in [3.05, 3.63) is 176 Å². The Bertz CT molecular complexity index is 2770. The second-order valence-corrected chi connectivity index (χ2v) is 12.5. The van der Waals surface area contributed by atoms with Crippen LogP contribution in [0.25, 0.3) is 89.2 Å². The zero-order chi connectivity index (χ0) is 33.0. The Labute approximate surface area is 288 Å². The van der Waals surface area contributed by atoms with Crippen LogP contribution >= 0.6 is 0 Å². The standard InChI is InChI=1S/C45H29N5/c1-2-14-30(15-3-1)43-46-44(48-45(47-43)50-41-26-10-6-22-37(41)38-23-7-11-27-42(38)50)33-18-12-16-31(28-33)32-17-13-19-34(29-32)49-39-24-8-4-20-35(39)36-21-5-9-25-40(36)49/h1-29H. The number of hydrogen-bond donors (Lipinski definition) is 0. The van der Waals surface area contributed by atoms with E-state index in [0.29, 0.717) is 17.6 Å². The van der Waals surface area contributed by atoms with Crippen molar-refractivity contribution in [3.8, 4) is 45.5 Å². The molecule has 5 nitrogen and oxygen atoms in total. The van der Waals surface area contributed by atoms with Crippen LogP contribution in [-0.2, 0) is 0 Å². The Morgan fingerprint density at radius 3 is 1.30 bits per heavy atom. The number of benzene rings is 7. The first-order valence-electron chi connectivity index (χ1n) is 16.8. The first-order valence-corrected chi connectivity index (χ1v) is 16.8. The van der Waals surface area contributed by atoms with Gasteiger partial charge in [0.2, 0.25) is 5.95 Å². The summed E-state index contributed by atoms with van der Waals surface area (Å²) in [4.78, 5) is 15.3. The van der Waals surface area contributed by atoms with Gasteiger partial charge in [0.15, 0.2) is 11.6 Å². The third-order valence-electron chi connectivity index (χ3n) is 9.57. The van der Waals surface area contributed by atoms with Crippen molar-refractivity contribution in [2.75, 3.05) is 0 Å². The minimum absolute atomic E-state index is 0.588. The molecule has 0 bridgehead atoms. The summed E-state index contributed by atoms with van der Waals surface area (Å²) >= 11 is 0. The lowest BCUT2D eigenvalue weighted by Gasteiger charge is -2.12. The van der Waals surface area contributed by atoms with Gasteiger partial charge < -0.3 is 4.57 Å². The van der Waals surface area contributed by atoms with E-state index >= 15 is 0 Å². The summed E-state index contributed by atoms with van der Waals surface area (Å²) in [5.74, 6) is 1.84. The van der Waals surface area contributed by atoms with Gasteiger partial charge >= 0.3 is 0 Å². The third kappa shape index (κ3) is 4.52. The van der Waals surface area contributed by atoms with Crippen molar-refractivity contribution in [1.82, 2.24) is 24.1 Å². The molecule has 7 aromatic carbocycles. The summed E-state index contributed by atoms with van der Waals surface area (Å²) in [5, 5.41) is 4.82. The van der Waals surface area contributed by atoms with Gasteiger partial charge in [-0.05, 0) is 53.6 Å². The lowest BCUT2D eigenvalue weighted by Crippen LogP contribution is -2.06. The maximum atomic E-state index is 5.17. The molecule has 10 rings (SSSR count). The van der Waals surface area contributed by atoms with Gasteiger partial charge in [-0.2, -0.15) is 9.97 Å². The van der Waals surface area contributed by atoms with Gasteiger partial charge in [-0.15, -0.1) is 0 Å². The van der Waals surface area contributed by atoms with Gasteiger partial charge in [0, 0.05) is 38.4 Å². The largest absolute Gasteiger partial charge is 0.309 e. The molecule has 5 heteroatoms. The van der Waals surface area contributed by atoms with Crippen LogP contribution in [0, 0.1) is 0 Å². The fraction of sp³-hybridized carbons (Fsp3) is 0. The highest BCUT2D eigenvalue weighted by atomic mass is 15.2. The summed E-state index contributed by atoms with van der Waals surface area (Å²) in [5.41, 5.74) is 9.68. The zero-order valence-corrected chi connectivity index (χ0v) is 27.0. The monoisotopic (exact) mass is 639 g/mol. The van der Waals surface area contributed by atoms with Crippen LogP contribution in [0.1, 0.15) is 0 Å². The van der Waals surface area contributed by atoms with Crippen molar-refractivity contribution in [1.29, 1.82) is 0 Å². The summed E-state index contributed by atoms with van der Waals surface area (Å²) in [7, 11) is 0. The van der Waals surface area contributed by atoms with Crippen molar-refractivity contribution >= 4 is 43.6 Å². The molecule has 0 atom stereocenters. The van der Waals surface area contributed by atoms with Gasteiger partial charge in [-0.25, -0.2) is 4.98 Å². The zero-order valence-electron chi connectivity index (χ0n) is 27.0. The first kappa shape index (κ1) is 28.2. The highest BCUT2D eigenvalue weighted by Crippen LogP contribution is 2.35. The van der Waals surface area contributed by atoms with E-state index in [2.05, 4.69) is 155 Å². The highest BCUT2D eigenvalue weighted by Gasteiger charge is 2.18. The van der Waals surface area contributed by atoms with Crippen LogP contribution in [0.2, 0.25) is 0 Å². The minimum atomic E-state index is 0.588. The summed E-state index contributed by atoms with van der Waals surface area (Å²) < 4.78 is 4.51. The molecule has 0 amide bonds. The fourth-order valence-electron chi connectivity index (χ4n) is 7.31. The van der Waals surface area contributed by atoms with Crippen molar-refractivity contribution in [3.63, 3.8) is 0 Å². The Hall–Kier alpha value is -6.85. The molecule has 0 saturated carbocycles. The average molecular weight is 640 g/mol. The van der Waals surface area contributed by atoms with Gasteiger partial charge in [-0.3, -0.25) is 4.57 Å². The number of fused-ring (bicyclic) bond motifs is 6. The summed E-state index contributed by atoms with van der Waals surface area (Å²) in [6, 6.07) is 61.5.